The molecular weight excluding hydrogens is 412 g/mol. The second-order valence-corrected chi connectivity index (χ2v) is 8.90. The summed E-state index contributed by atoms with van der Waals surface area (Å²) in [6.07, 6.45) is 1.29. The van der Waals surface area contributed by atoms with Gasteiger partial charge in [0.15, 0.2) is 3.95 Å². The monoisotopic (exact) mass is 436 g/mol. The van der Waals surface area contributed by atoms with Crippen molar-refractivity contribution in [2.24, 2.45) is 0 Å². The van der Waals surface area contributed by atoms with E-state index in [1.807, 2.05) is 12.1 Å². The number of aliphatic hydroxyl groups is 1. The van der Waals surface area contributed by atoms with Crippen LogP contribution in [0.25, 0.3) is 0 Å². The van der Waals surface area contributed by atoms with Crippen molar-refractivity contribution in [2.75, 3.05) is 25.7 Å². The number of anilines is 1. The molecule has 0 spiro atoms. The lowest BCUT2D eigenvalue weighted by molar-refractivity contribution is -0.116. The van der Waals surface area contributed by atoms with Gasteiger partial charge in [-0.15, -0.1) is 5.10 Å². The van der Waals surface area contributed by atoms with E-state index in [9.17, 15) is 9.90 Å². The summed E-state index contributed by atoms with van der Waals surface area (Å²) < 4.78 is 13.3. The van der Waals surface area contributed by atoms with Crippen LogP contribution in [0.4, 0.5) is 5.13 Å². The van der Waals surface area contributed by atoms with Gasteiger partial charge in [0.1, 0.15) is 11.5 Å². The number of ether oxygens (including phenoxy) is 2. The maximum Gasteiger partial charge on any atom is 0.225 e. The molecule has 1 N–H and O–H groups in total. The number of methoxy groups -OCH3 is 2. The van der Waals surface area contributed by atoms with Crippen molar-refractivity contribution < 1.29 is 19.4 Å². The fraction of sp³-hybridized carbons (Fsp3) is 0.526. The van der Waals surface area contributed by atoms with Gasteiger partial charge in [-0.25, -0.2) is 4.68 Å². The standard InChI is InChI=1S/C19H24N4O4S2/c1-11(24)23(12-4-5-12)18-20-22(19(28)29-18)10-21-8-13-15(26-2)6-7-16(27-3)17(13)14(25)9-21/h6-7,12,14,25H,4-5,8-10H2,1-3H3. The van der Waals surface area contributed by atoms with Gasteiger partial charge in [-0.1, -0.05) is 11.3 Å². The molecule has 1 saturated carbocycles. The number of aliphatic hydroxyl groups excluding tert-OH is 1. The molecule has 1 aliphatic carbocycles. The molecule has 1 atom stereocenters. The summed E-state index contributed by atoms with van der Waals surface area (Å²) in [5.74, 6) is 1.35. The molecule has 2 aliphatic rings. The van der Waals surface area contributed by atoms with Gasteiger partial charge >= 0.3 is 0 Å². The highest BCUT2D eigenvalue weighted by Crippen LogP contribution is 2.39. The molecule has 2 heterocycles. The molecule has 29 heavy (non-hydrogen) atoms. The lowest BCUT2D eigenvalue weighted by Gasteiger charge is -2.33. The van der Waals surface area contributed by atoms with Crippen LogP contribution in [0.2, 0.25) is 0 Å². The predicted molar refractivity (Wildman–Crippen MR) is 112 cm³/mol. The Morgan fingerprint density at radius 1 is 1.34 bits per heavy atom. The van der Waals surface area contributed by atoms with Crippen LogP contribution in [0, 0.1) is 3.95 Å². The van der Waals surface area contributed by atoms with Crippen LogP contribution in [-0.4, -0.2) is 52.5 Å². The van der Waals surface area contributed by atoms with E-state index < -0.39 is 6.10 Å². The van der Waals surface area contributed by atoms with Crippen LogP contribution in [-0.2, 0) is 18.0 Å². The van der Waals surface area contributed by atoms with Crippen LogP contribution >= 0.6 is 23.6 Å². The predicted octanol–water partition coefficient (Wildman–Crippen LogP) is 2.71. The molecule has 1 aliphatic heterocycles. The minimum atomic E-state index is -0.712. The number of hydrogen-bond acceptors (Lipinski definition) is 8. The van der Waals surface area contributed by atoms with E-state index in [4.69, 9.17) is 21.7 Å². The molecular formula is C19H24N4O4S2. The maximum atomic E-state index is 12.0. The number of carbonyl (C=O) groups is 1. The molecule has 156 valence electrons. The summed E-state index contributed by atoms with van der Waals surface area (Å²) >= 11 is 6.84. The van der Waals surface area contributed by atoms with E-state index in [-0.39, 0.29) is 11.9 Å². The molecule has 4 rings (SSSR count). The quantitative estimate of drug-likeness (QED) is 0.698. The molecule has 0 radical (unpaired) electrons. The van der Waals surface area contributed by atoms with Gasteiger partial charge in [-0.05, 0) is 37.2 Å². The summed E-state index contributed by atoms with van der Waals surface area (Å²) in [4.78, 5) is 15.8. The number of nitrogens with zero attached hydrogens (tertiary/aromatic N) is 4. The first kappa shape index (κ1) is 20.3. The fourth-order valence-corrected chi connectivity index (χ4v) is 5.00. The average molecular weight is 437 g/mol. The third-order valence-corrected chi connectivity index (χ3v) is 6.55. The topological polar surface area (TPSA) is 80.1 Å². The van der Waals surface area contributed by atoms with Crippen molar-refractivity contribution in [1.29, 1.82) is 0 Å². The molecule has 1 aromatic heterocycles. The van der Waals surface area contributed by atoms with E-state index in [1.165, 1.54) is 11.3 Å². The van der Waals surface area contributed by atoms with Gasteiger partial charge < -0.3 is 14.6 Å². The number of benzene rings is 1. The van der Waals surface area contributed by atoms with E-state index in [0.29, 0.717) is 40.3 Å². The lowest BCUT2D eigenvalue weighted by Crippen LogP contribution is -2.36. The summed E-state index contributed by atoms with van der Waals surface area (Å²) in [6.45, 7) is 2.97. The molecule has 2 aromatic rings. The van der Waals surface area contributed by atoms with Gasteiger partial charge in [0.05, 0.1) is 27.0 Å². The first-order valence-corrected chi connectivity index (χ1v) is 10.7. The molecule has 1 unspecified atom stereocenters. The van der Waals surface area contributed by atoms with Gasteiger partial charge in [-0.2, -0.15) is 0 Å². The Balaban J connectivity index is 1.59. The zero-order valence-electron chi connectivity index (χ0n) is 16.6. The Morgan fingerprint density at radius 3 is 2.66 bits per heavy atom. The van der Waals surface area contributed by atoms with Crippen molar-refractivity contribution in [3.05, 3.63) is 27.2 Å². The minimum Gasteiger partial charge on any atom is -0.496 e. The molecule has 0 bridgehead atoms. The van der Waals surface area contributed by atoms with Gasteiger partial charge in [-0.3, -0.25) is 14.6 Å². The number of fused-ring (bicyclic) bond motifs is 1. The first-order chi connectivity index (χ1) is 13.9. The minimum absolute atomic E-state index is 0.0115. The highest BCUT2D eigenvalue weighted by atomic mass is 32.1. The number of aromatic nitrogens is 2. The van der Waals surface area contributed by atoms with E-state index in [1.54, 1.807) is 30.7 Å². The van der Waals surface area contributed by atoms with Crippen LogP contribution in [0.5, 0.6) is 11.5 Å². The molecule has 0 saturated heterocycles. The molecule has 10 heteroatoms. The molecule has 8 nitrogen and oxygen atoms in total. The Labute approximate surface area is 178 Å². The Hall–Kier alpha value is -2.01. The third-order valence-electron chi connectivity index (χ3n) is 5.25. The Kier molecular flexibility index (Phi) is 5.60. The van der Waals surface area contributed by atoms with Crippen molar-refractivity contribution in [2.45, 2.75) is 45.1 Å². The lowest BCUT2D eigenvalue weighted by atomic mass is 9.95. The summed E-state index contributed by atoms with van der Waals surface area (Å²) in [7, 11) is 3.21. The summed E-state index contributed by atoms with van der Waals surface area (Å²) in [5.41, 5.74) is 1.66. The molecule has 1 fully saturated rings. The Morgan fingerprint density at radius 2 is 2.03 bits per heavy atom. The number of β-amino-alcohol motifs (C(OH)–C–C–N with tert-alkyl or cyclic N) is 1. The van der Waals surface area contributed by atoms with Crippen molar-refractivity contribution in [3.63, 3.8) is 0 Å². The average Bonchev–Trinajstić information content (AvgIpc) is 3.44. The van der Waals surface area contributed by atoms with Crippen LogP contribution in [0.1, 0.15) is 37.0 Å². The largest absolute Gasteiger partial charge is 0.496 e. The second-order valence-electron chi connectivity index (χ2n) is 7.30. The van der Waals surface area contributed by atoms with E-state index in [0.717, 1.165) is 24.0 Å². The smallest absolute Gasteiger partial charge is 0.225 e. The summed E-state index contributed by atoms with van der Waals surface area (Å²) in [5, 5.41) is 16.0. The van der Waals surface area contributed by atoms with Crippen LogP contribution in [0.15, 0.2) is 12.1 Å². The molecule has 1 amide bonds. The highest BCUT2D eigenvalue weighted by Gasteiger charge is 2.35. The van der Waals surface area contributed by atoms with Gasteiger partial charge in [0.25, 0.3) is 0 Å². The van der Waals surface area contributed by atoms with Crippen LogP contribution < -0.4 is 14.4 Å². The van der Waals surface area contributed by atoms with E-state index in [2.05, 4.69) is 10.00 Å². The zero-order chi connectivity index (χ0) is 20.7. The highest BCUT2D eigenvalue weighted by molar-refractivity contribution is 7.73. The first-order valence-electron chi connectivity index (χ1n) is 9.44. The van der Waals surface area contributed by atoms with Crippen molar-refractivity contribution in [3.8, 4) is 11.5 Å². The number of carbonyl (C=O) groups excluding carboxylic acids is 1. The normalized spacial score (nSPS) is 19.0. The van der Waals surface area contributed by atoms with Crippen molar-refractivity contribution >= 4 is 34.6 Å². The van der Waals surface area contributed by atoms with Gasteiger partial charge in [0.2, 0.25) is 11.0 Å². The Bertz CT molecular complexity index is 985. The maximum absolute atomic E-state index is 12.0. The number of hydrogen-bond donors (Lipinski definition) is 1. The van der Waals surface area contributed by atoms with Crippen molar-refractivity contribution in [1.82, 2.24) is 14.7 Å². The molecule has 1 aromatic carbocycles. The van der Waals surface area contributed by atoms with Crippen LogP contribution in [0.3, 0.4) is 0 Å². The third kappa shape index (κ3) is 3.89. The van der Waals surface area contributed by atoms with Gasteiger partial charge in [0, 0.05) is 37.2 Å². The number of rotatable bonds is 6. The fourth-order valence-electron chi connectivity index (χ4n) is 3.80. The summed E-state index contributed by atoms with van der Waals surface area (Å²) in [6, 6.07) is 3.90. The number of amides is 1. The van der Waals surface area contributed by atoms with E-state index >= 15 is 0 Å². The SMILES string of the molecule is COc1ccc(OC)c2c1CN(Cn1nc(N(C(C)=O)C3CC3)sc1=S)CC2O. The zero-order valence-corrected chi connectivity index (χ0v) is 18.3. The second kappa shape index (κ2) is 8.02.